The maximum atomic E-state index is 12.1. The molecule has 9 heteroatoms. The lowest BCUT2D eigenvalue weighted by Crippen LogP contribution is -2.32. The maximum Gasteiger partial charge on any atom is 0.251 e. The van der Waals surface area contributed by atoms with Crippen molar-refractivity contribution in [1.82, 2.24) is 25.6 Å². The van der Waals surface area contributed by atoms with Crippen LogP contribution in [0.25, 0.3) is 0 Å². The highest BCUT2D eigenvalue weighted by atomic mass is 16.1. The Kier molecular flexibility index (Phi) is 7.50. The highest BCUT2D eigenvalue weighted by molar-refractivity contribution is 5.95. The fourth-order valence-corrected chi connectivity index (χ4v) is 3.76. The van der Waals surface area contributed by atoms with Gasteiger partial charge in [0.25, 0.3) is 5.91 Å². The number of hydrogen-bond acceptors (Lipinski definition) is 8. The third-order valence-corrected chi connectivity index (χ3v) is 5.32. The van der Waals surface area contributed by atoms with E-state index in [4.69, 9.17) is 0 Å². The van der Waals surface area contributed by atoms with Crippen LogP contribution in [-0.4, -0.2) is 60.6 Å². The Morgan fingerprint density at radius 1 is 1.22 bits per heavy atom. The Morgan fingerprint density at radius 3 is 2.62 bits per heavy atom. The number of nitrogens with one attached hydrogen (secondary N) is 4. The van der Waals surface area contributed by atoms with Gasteiger partial charge in [0.05, 0.1) is 0 Å². The molecule has 0 radical (unpaired) electrons. The van der Waals surface area contributed by atoms with Crippen LogP contribution in [0.2, 0.25) is 0 Å². The van der Waals surface area contributed by atoms with Crippen LogP contribution in [0.3, 0.4) is 0 Å². The number of aryl methyl sites for hydroxylation is 1. The molecule has 2 heterocycles. The van der Waals surface area contributed by atoms with Gasteiger partial charge in [0.2, 0.25) is 17.8 Å². The van der Waals surface area contributed by atoms with Crippen molar-refractivity contribution in [2.45, 2.75) is 46.6 Å². The van der Waals surface area contributed by atoms with E-state index in [1.807, 2.05) is 31.0 Å². The average Bonchev–Trinajstić information content (AvgIpc) is 3.25. The molecular formula is C23H36N8O. The minimum absolute atomic E-state index is 0.0920. The Balaban J connectivity index is 1.88. The third kappa shape index (κ3) is 6.53. The molecule has 3 rings (SSSR count). The molecule has 1 aliphatic rings. The Bertz CT molecular complexity index is 934. The van der Waals surface area contributed by atoms with Crippen LogP contribution < -0.4 is 26.2 Å². The van der Waals surface area contributed by atoms with Crippen LogP contribution >= 0.6 is 0 Å². The predicted octanol–water partition coefficient (Wildman–Crippen LogP) is 2.93. The first-order chi connectivity index (χ1) is 15.1. The maximum absolute atomic E-state index is 12.1. The molecule has 1 atom stereocenters. The zero-order chi connectivity index (χ0) is 23.3. The molecule has 0 saturated carbocycles. The summed E-state index contributed by atoms with van der Waals surface area (Å²) in [6.45, 7) is 11.1. The molecule has 1 aromatic heterocycles. The fourth-order valence-electron chi connectivity index (χ4n) is 3.76. The molecule has 1 aliphatic heterocycles. The number of carbonyl (C=O) groups is 1. The molecule has 1 fully saturated rings. The van der Waals surface area contributed by atoms with Crippen molar-refractivity contribution < 1.29 is 4.79 Å². The predicted molar refractivity (Wildman–Crippen MR) is 130 cm³/mol. The molecule has 0 spiro atoms. The lowest BCUT2D eigenvalue weighted by atomic mass is 9.96. The van der Waals surface area contributed by atoms with Crippen LogP contribution in [0.15, 0.2) is 18.2 Å². The summed E-state index contributed by atoms with van der Waals surface area (Å²) in [5.41, 5.74) is 2.44. The summed E-state index contributed by atoms with van der Waals surface area (Å²) >= 11 is 0. The number of anilines is 4. The molecule has 1 aromatic carbocycles. The zero-order valence-electron chi connectivity index (χ0n) is 20.0. The standard InChI is InChI=1S/C23H36N8O/c1-15-9-10-16(19(32)24-5)12-18(15)27-21-28-20(26-13-17-8-7-11-25-17)29-22(30-21)31(6)14-23(2,3)4/h9-10,12,17,25H,7-8,11,13-14H2,1-6H3,(H,24,32)(H2,26,27,28,29,30)/t17-/m0/s1. The number of hydrogen-bond donors (Lipinski definition) is 4. The van der Waals surface area contributed by atoms with E-state index in [0.717, 1.165) is 37.3 Å². The van der Waals surface area contributed by atoms with Crippen LogP contribution in [0.1, 0.15) is 49.5 Å². The molecule has 1 amide bonds. The van der Waals surface area contributed by atoms with Crippen LogP contribution in [0.5, 0.6) is 0 Å². The minimum Gasteiger partial charge on any atom is -0.355 e. The van der Waals surface area contributed by atoms with Crippen LogP contribution in [0, 0.1) is 12.3 Å². The smallest absolute Gasteiger partial charge is 0.251 e. The lowest BCUT2D eigenvalue weighted by molar-refractivity contribution is 0.0963. The average molecular weight is 441 g/mol. The summed E-state index contributed by atoms with van der Waals surface area (Å²) in [5.74, 6) is 1.43. The van der Waals surface area contributed by atoms with Crippen LogP contribution in [0.4, 0.5) is 23.5 Å². The quantitative estimate of drug-likeness (QED) is 0.496. The van der Waals surface area contributed by atoms with Gasteiger partial charge in [-0.25, -0.2) is 0 Å². The molecule has 1 saturated heterocycles. The van der Waals surface area contributed by atoms with Crippen molar-refractivity contribution in [2.75, 3.05) is 49.3 Å². The van der Waals surface area contributed by atoms with Crippen molar-refractivity contribution in [1.29, 1.82) is 0 Å². The number of aromatic nitrogens is 3. The Hall–Kier alpha value is -2.94. The first kappa shape index (κ1) is 23.7. The molecule has 0 aliphatic carbocycles. The number of nitrogens with zero attached hydrogens (tertiary/aromatic N) is 4. The van der Waals surface area contributed by atoms with Gasteiger partial charge in [-0.1, -0.05) is 26.8 Å². The van der Waals surface area contributed by atoms with E-state index in [2.05, 4.69) is 57.0 Å². The van der Waals surface area contributed by atoms with E-state index in [1.165, 1.54) is 6.42 Å². The van der Waals surface area contributed by atoms with Gasteiger partial charge in [0, 0.05) is 44.5 Å². The van der Waals surface area contributed by atoms with Crippen molar-refractivity contribution in [3.63, 3.8) is 0 Å². The normalized spacial score (nSPS) is 16.0. The highest BCUT2D eigenvalue weighted by Gasteiger charge is 2.19. The van der Waals surface area contributed by atoms with E-state index in [1.54, 1.807) is 13.1 Å². The number of amides is 1. The second-order valence-corrected chi connectivity index (χ2v) is 9.61. The second-order valence-electron chi connectivity index (χ2n) is 9.61. The molecule has 174 valence electrons. The zero-order valence-corrected chi connectivity index (χ0v) is 20.0. The summed E-state index contributed by atoms with van der Waals surface area (Å²) in [4.78, 5) is 28.0. The SMILES string of the molecule is CNC(=O)c1ccc(C)c(Nc2nc(NC[C@@H]3CCCN3)nc(N(C)CC(C)(C)C)n2)c1. The number of benzene rings is 1. The highest BCUT2D eigenvalue weighted by Crippen LogP contribution is 2.24. The Morgan fingerprint density at radius 2 is 1.97 bits per heavy atom. The van der Waals surface area contributed by atoms with Crippen molar-refractivity contribution in [2.24, 2.45) is 5.41 Å². The van der Waals surface area contributed by atoms with Gasteiger partial charge in [-0.3, -0.25) is 4.79 Å². The summed E-state index contributed by atoms with van der Waals surface area (Å²) in [6, 6.07) is 5.94. The van der Waals surface area contributed by atoms with Crippen LogP contribution in [-0.2, 0) is 0 Å². The fraction of sp³-hybridized carbons (Fsp3) is 0.565. The number of carbonyl (C=O) groups excluding carboxylic acids is 1. The third-order valence-electron chi connectivity index (χ3n) is 5.32. The summed E-state index contributed by atoms with van der Waals surface area (Å²) in [5, 5.41) is 12.8. The van der Waals surface area contributed by atoms with Crippen molar-refractivity contribution in [3.05, 3.63) is 29.3 Å². The number of rotatable bonds is 8. The summed E-state index contributed by atoms with van der Waals surface area (Å²) in [6.07, 6.45) is 2.34. The summed E-state index contributed by atoms with van der Waals surface area (Å²) < 4.78 is 0. The van der Waals surface area contributed by atoms with E-state index in [0.29, 0.717) is 29.5 Å². The van der Waals surface area contributed by atoms with Gasteiger partial charge in [-0.15, -0.1) is 0 Å². The molecule has 0 bridgehead atoms. The molecule has 2 aromatic rings. The van der Waals surface area contributed by atoms with Crippen molar-refractivity contribution >= 4 is 29.4 Å². The topological polar surface area (TPSA) is 107 Å². The van der Waals surface area contributed by atoms with Gasteiger partial charge in [-0.05, 0) is 49.4 Å². The molecule has 0 unspecified atom stereocenters. The molecule has 9 nitrogen and oxygen atoms in total. The monoisotopic (exact) mass is 440 g/mol. The summed E-state index contributed by atoms with van der Waals surface area (Å²) in [7, 11) is 3.61. The van der Waals surface area contributed by atoms with Gasteiger partial charge in [0.15, 0.2) is 0 Å². The van der Waals surface area contributed by atoms with Gasteiger partial charge in [0.1, 0.15) is 0 Å². The van der Waals surface area contributed by atoms with Gasteiger partial charge >= 0.3 is 0 Å². The van der Waals surface area contributed by atoms with E-state index < -0.39 is 0 Å². The van der Waals surface area contributed by atoms with Crippen molar-refractivity contribution in [3.8, 4) is 0 Å². The van der Waals surface area contributed by atoms with E-state index >= 15 is 0 Å². The van der Waals surface area contributed by atoms with Gasteiger partial charge < -0.3 is 26.2 Å². The largest absolute Gasteiger partial charge is 0.355 e. The van der Waals surface area contributed by atoms with E-state index in [-0.39, 0.29) is 11.3 Å². The van der Waals surface area contributed by atoms with E-state index in [9.17, 15) is 4.79 Å². The Labute approximate surface area is 190 Å². The lowest BCUT2D eigenvalue weighted by Gasteiger charge is -2.27. The van der Waals surface area contributed by atoms with Gasteiger partial charge in [-0.2, -0.15) is 15.0 Å². The minimum atomic E-state index is -0.138. The molecule has 32 heavy (non-hydrogen) atoms. The molecular weight excluding hydrogens is 404 g/mol. The first-order valence-corrected chi connectivity index (χ1v) is 11.2. The first-order valence-electron chi connectivity index (χ1n) is 11.2. The molecule has 4 N–H and O–H groups in total. The second kappa shape index (κ2) is 10.1.